The van der Waals surface area contributed by atoms with Crippen LogP contribution in [0.3, 0.4) is 0 Å². The number of halogens is 4. The van der Waals surface area contributed by atoms with Crippen LogP contribution >= 0.6 is 23.2 Å². The van der Waals surface area contributed by atoms with Gasteiger partial charge in [-0.25, -0.2) is 13.4 Å². The number of carbonyl (C=O) groups excluding carboxylic acids is 1. The molecule has 7 nitrogen and oxygen atoms in total. The number of benzene rings is 1. The summed E-state index contributed by atoms with van der Waals surface area (Å²) in [7, 11) is -3.64. The highest BCUT2D eigenvalue weighted by molar-refractivity contribution is 7.92. The zero-order valence-electron chi connectivity index (χ0n) is 12.4. The summed E-state index contributed by atoms with van der Waals surface area (Å²) in [6.45, 7) is -1.64. The van der Waals surface area contributed by atoms with Crippen molar-refractivity contribution in [2.45, 2.75) is 19.6 Å². The van der Waals surface area contributed by atoms with Crippen LogP contribution in [0.1, 0.15) is 6.92 Å². The highest BCUT2D eigenvalue weighted by atomic mass is 35.5. The van der Waals surface area contributed by atoms with E-state index < -0.39 is 22.7 Å². The fourth-order valence-electron chi connectivity index (χ4n) is 2.14. The summed E-state index contributed by atoms with van der Waals surface area (Å²) < 4.78 is 51.1. The van der Waals surface area contributed by atoms with E-state index >= 15 is 0 Å². The molecule has 0 radical (unpaired) electrons. The molecule has 1 N–H and O–H groups in total. The second-order valence-electron chi connectivity index (χ2n) is 4.88. The first kappa shape index (κ1) is 18.7. The van der Waals surface area contributed by atoms with Gasteiger partial charge in [0.25, 0.3) is 0 Å². The number of aldehydes is 1. The van der Waals surface area contributed by atoms with Gasteiger partial charge in [-0.2, -0.15) is 13.9 Å². The van der Waals surface area contributed by atoms with Gasteiger partial charge in [-0.1, -0.05) is 23.2 Å². The third-order valence-corrected chi connectivity index (χ3v) is 4.28. The molecule has 24 heavy (non-hydrogen) atoms. The Labute approximate surface area is 146 Å². The van der Waals surface area contributed by atoms with Crippen molar-refractivity contribution >= 4 is 56.7 Å². The van der Waals surface area contributed by atoms with Gasteiger partial charge in [0.05, 0.1) is 27.7 Å². The standard InChI is InChI=1S/C12H12Cl2F2N4O3S/c1-6-17-20(11(5-21)19(6)12(15)16)10-4-9(18-24(2,22)23)7(13)3-8(10)14/h3-5,11-12,18H,1-2H3. The summed E-state index contributed by atoms with van der Waals surface area (Å²) in [5.74, 6) is -0.0919. The Balaban J connectivity index is 2.52. The molecular weight excluding hydrogens is 389 g/mol. The lowest BCUT2D eigenvalue weighted by molar-refractivity contribution is -0.114. The number of hydrogen-bond acceptors (Lipinski definition) is 6. The molecule has 1 heterocycles. The summed E-state index contributed by atoms with van der Waals surface area (Å²) >= 11 is 12.0. The molecule has 0 fully saturated rings. The van der Waals surface area contributed by atoms with Crippen LogP contribution in [0.5, 0.6) is 0 Å². The lowest BCUT2D eigenvalue weighted by Gasteiger charge is -2.27. The van der Waals surface area contributed by atoms with Crippen molar-refractivity contribution in [3.8, 4) is 0 Å². The third-order valence-electron chi connectivity index (χ3n) is 3.07. The maximum absolute atomic E-state index is 13.1. The number of alkyl halides is 2. The van der Waals surface area contributed by atoms with Gasteiger partial charge in [-0.3, -0.25) is 14.4 Å². The van der Waals surface area contributed by atoms with Crippen LogP contribution in [0.15, 0.2) is 17.2 Å². The van der Waals surface area contributed by atoms with Gasteiger partial charge in [0.1, 0.15) is 5.84 Å². The molecule has 12 heteroatoms. The van der Waals surface area contributed by atoms with Gasteiger partial charge in [-0.15, -0.1) is 0 Å². The van der Waals surface area contributed by atoms with Crippen LogP contribution in [0.4, 0.5) is 20.2 Å². The average molecular weight is 401 g/mol. The summed E-state index contributed by atoms with van der Waals surface area (Å²) in [6, 6.07) is 2.44. The molecule has 0 amide bonds. The van der Waals surface area contributed by atoms with Crippen LogP contribution in [0, 0.1) is 0 Å². The molecule has 0 aliphatic carbocycles. The van der Waals surface area contributed by atoms with E-state index in [-0.39, 0.29) is 33.5 Å². The summed E-state index contributed by atoms with van der Waals surface area (Å²) in [6.07, 6.45) is -0.224. The Bertz CT molecular complexity index is 804. The number of anilines is 2. The fourth-order valence-corrected chi connectivity index (χ4v) is 3.28. The maximum Gasteiger partial charge on any atom is 0.318 e. The Morgan fingerprint density at radius 2 is 1.96 bits per heavy atom. The second kappa shape index (κ2) is 6.69. The van der Waals surface area contributed by atoms with E-state index in [1.54, 1.807) is 0 Å². The van der Waals surface area contributed by atoms with Crippen LogP contribution < -0.4 is 9.73 Å². The van der Waals surface area contributed by atoms with Gasteiger partial charge in [0.15, 0.2) is 12.5 Å². The Kier molecular flexibility index (Phi) is 5.21. The highest BCUT2D eigenvalue weighted by Gasteiger charge is 2.38. The number of rotatable bonds is 5. The van der Waals surface area contributed by atoms with Crippen molar-refractivity contribution in [2.75, 3.05) is 16.0 Å². The van der Waals surface area contributed by atoms with Crippen molar-refractivity contribution < 1.29 is 22.0 Å². The number of hydrazone groups is 1. The first-order chi connectivity index (χ1) is 11.0. The molecule has 1 aliphatic heterocycles. The molecule has 1 aliphatic rings. The minimum atomic E-state index is -3.64. The largest absolute Gasteiger partial charge is 0.318 e. The topological polar surface area (TPSA) is 82.1 Å². The van der Waals surface area contributed by atoms with E-state index in [1.165, 1.54) is 19.1 Å². The van der Waals surface area contributed by atoms with Gasteiger partial charge in [-0.05, 0) is 19.1 Å². The van der Waals surface area contributed by atoms with E-state index in [2.05, 4.69) is 9.82 Å². The molecule has 0 saturated heterocycles. The summed E-state index contributed by atoms with van der Waals surface area (Å²) in [5.41, 5.74) is 0.0263. The molecule has 1 aromatic carbocycles. The predicted octanol–water partition coefficient (Wildman–Crippen LogP) is 2.57. The fraction of sp³-hybridized carbons (Fsp3) is 0.333. The Morgan fingerprint density at radius 3 is 2.46 bits per heavy atom. The van der Waals surface area contributed by atoms with Crippen molar-refractivity contribution in [3.63, 3.8) is 0 Å². The zero-order valence-corrected chi connectivity index (χ0v) is 14.7. The number of amidine groups is 1. The van der Waals surface area contributed by atoms with Gasteiger partial charge in [0, 0.05) is 0 Å². The molecule has 132 valence electrons. The van der Waals surface area contributed by atoms with Crippen molar-refractivity contribution in [2.24, 2.45) is 5.10 Å². The lowest BCUT2D eigenvalue weighted by Crippen LogP contribution is -2.45. The second-order valence-corrected chi connectivity index (χ2v) is 7.45. The smallest absolute Gasteiger partial charge is 0.299 e. The van der Waals surface area contributed by atoms with E-state index in [0.29, 0.717) is 4.90 Å². The van der Waals surface area contributed by atoms with Crippen LogP contribution in [0.2, 0.25) is 10.0 Å². The summed E-state index contributed by atoms with van der Waals surface area (Å²) in [5, 5.41) is 4.89. The van der Waals surface area contributed by atoms with E-state index in [9.17, 15) is 22.0 Å². The molecular formula is C12H12Cl2F2N4O3S. The van der Waals surface area contributed by atoms with Crippen molar-refractivity contribution in [1.29, 1.82) is 0 Å². The minimum absolute atomic E-state index is 0.00226. The molecule has 1 atom stereocenters. The number of sulfonamides is 1. The van der Waals surface area contributed by atoms with Crippen molar-refractivity contribution in [3.05, 3.63) is 22.2 Å². The Hall–Kier alpha value is -1.65. The van der Waals surface area contributed by atoms with E-state index in [4.69, 9.17) is 23.2 Å². The maximum atomic E-state index is 13.1. The molecule has 1 aromatic rings. The number of nitrogens with zero attached hydrogens (tertiary/aromatic N) is 3. The van der Waals surface area contributed by atoms with Gasteiger partial charge >= 0.3 is 6.55 Å². The molecule has 0 bridgehead atoms. The number of nitrogens with one attached hydrogen (secondary N) is 1. The van der Waals surface area contributed by atoms with Gasteiger partial charge in [0.2, 0.25) is 10.0 Å². The first-order valence-electron chi connectivity index (χ1n) is 6.38. The first-order valence-corrected chi connectivity index (χ1v) is 9.03. The normalized spacial score (nSPS) is 18.1. The van der Waals surface area contributed by atoms with Crippen LogP contribution in [-0.4, -0.2) is 44.4 Å². The molecule has 1 unspecified atom stereocenters. The molecule has 0 saturated carbocycles. The minimum Gasteiger partial charge on any atom is -0.299 e. The Morgan fingerprint density at radius 1 is 1.33 bits per heavy atom. The van der Waals surface area contributed by atoms with Crippen LogP contribution in [0.25, 0.3) is 0 Å². The lowest BCUT2D eigenvalue weighted by atomic mass is 10.2. The quantitative estimate of drug-likeness (QED) is 0.606. The highest BCUT2D eigenvalue weighted by Crippen LogP contribution is 2.38. The van der Waals surface area contributed by atoms with E-state index in [1.807, 2.05) is 0 Å². The van der Waals surface area contributed by atoms with E-state index in [0.717, 1.165) is 11.3 Å². The average Bonchev–Trinajstić information content (AvgIpc) is 2.77. The number of carbonyl (C=O) groups is 1. The molecule has 0 aromatic heterocycles. The monoisotopic (exact) mass is 400 g/mol. The predicted molar refractivity (Wildman–Crippen MR) is 88.2 cm³/mol. The third kappa shape index (κ3) is 3.70. The van der Waals surface area contributed by atoms with Crippen molar-refractivity contribution in [1.82, 2.24) is 4.90 Å². The number of hydrogen-bond donors (Lipinski definition) is 1. The van der Waals surface area contributed by atoms with Crippen LogP contribution in [-0.2, 0) is 14.8 Å². The zero-order chi connectivity index (χ0) is 18.2. The van der Waals surface area contributed by atoms with Gasteiger partial charge < -0.3 is 0 Å². The summed E-state index contributed by atoms with van der Waals surface area (Å²) in [4.78, 5) is 11.8. The SMILES string of the molecule is CC1=NN(c2cc(NS(C)(=O)=O)c(Cl)cc2Cl)C(C=O)N1C(F)F. The molecule has 2 rings (SSSR count). The molecule has 0 spiro atoms.